The van der Waals surface area contributed by atoms with Gasteiger partial charge in [-0.25, -0.2) is 4.98 Å². The Morgan fingerprint density at radius 3 is 3.05 bits per heavy atom. The van der Waals surface area contributed by atoms with E-state index < -0.39 is 0 Å². The SMILES string of the molecule is CCOCCCNC(=O)c1c(C)nc2ccc(Br)cn12. The number of ether oxygens (including phenoxy) is 1. The number of aromatic nitrogens is 2. The van der Waals surface area contributed by atoms with E-state index in [1.807, 2.05) is 32.2 Å². The molecule has 0 aliphatic carbocycles. The zero-order valence-electron chi connectivity index (χ0n) is 11.6. The number of rotatable bonds is 6. The van der Waals surface area contributed by atoms with E-state index in [2.05, 4.69) is 26.2 Å². The van der Waals surface area contributed by atoms with E-state index in [1.165, 1.54) is 0 Å². The number of nitrogens with one attached hydrogen (secondary N) is 1. The van der Waals surface area contributed by atoms with Gasteiger partial charge in [-0.15, -0.1) is 0 Å². The Kier molecular flexibility index (Phi) is 5.14. The summed E-state index contributed by atoms with van der Waals surface area (Å²) in [4.78, 5) is 16.6. The van der Waals surface area contributed by atoms with Crippen molar-refractivity contribution in [1.29, 1.82) is 0 Å². The van der Waals surface area contributed by atoms with Crippen molar-refractivity contribution in [3.05, 3.63) is 34.2 Å². The van der Waals surface area contributed by atoms with Crippen molar-refractivity contribution in [2.24, 2.45) is 0 Å². The molecular weight excluding hydrogens is 322 g/mol. The molecular formula is C14H18BrN3O2. The summed E-state index contributed by atoms with van der Waals surface area (Å²) in [5, 5.41) is 2.90. The van der Waals surface area contributed by atoms with Crippen LogP contribution >= 0.6 is 15.9 Å². The maximum absolute atomic E-state index is 12.3. The Hall–Kier alpha value is -1.40. The first-order valence-electron chi connectivity index (χ1n) is 6.63. The molecule has 6 heteroatoms. The van der Waals surface area contributed by atoms with Crippen molar-refractivity contribution in [1.82, 2.24) is 14.7 Å². The summed E-state index contributed by atoms with van der Waals surface area (Å²) in [7, 11) is 0. The third kappa shape index (κ3) is 3.37. The van der Waals surface area contributed by atoms with Crippen LogP contribution < -0.4 is 5.32 Å². The average molecular weight is 340 g/mol. The molecule has 2 aromatic heterocycles. The fourth-order valence-electron chi connectivity index (χ4n) is 2.01. The van der Waals surface area contributed by atoms with E-state index in [0.717, 1.165) is 22.2 Å². The smallest absolute Gasteiger partial charge is 0.270 e. The first kappa shape index (κ1) is 15.0. The summed E-state index contributed by atoms with van der Waals surface area (Å²) in [6.07, 6.45) is 2.66. The first-order chi connectivity index (χ1) is 9.63. The van der Waals surface area contributed by atoms with E-state index in [0.29, 0.717) is 25.5 Å². The van der Waals surface area contributed by atoms with Crippen molar-refractivity contribution < 1.29 is 9.53 Å². The van der Waals surface area contributed by atoms with Gasteiger partial charge >= 0.3 is 0 Å². The van der Waals surface area contributed by atoms with E-state index in [-0.39, 0.29) is 5.91 Å². The molecule has 0 radical (unpaired) electrons. The molecule has 108 valence electrons. The summed E-state index contributed by atoms with van der Waals surface area (Å²) in [5.41, 5.74) is 2.08. The van der Waals surface area contributed by atoms with Crippen LogP contribution in [0.2, 0.25) is 0 Å². The van der Waals surface area contributed by atoms with Crippen LogP contribution in [0.1, 0.15) is 29.5 Å². The highest BCUT2D eigenvalue weighted by molar-refractivity contribution is 9.10. The lowest BCUT2D eigenvalue weighted by Crippen LogP contribution is -2.27. The molecule has 0 aliphatic rings. The van der Waals surface area contributed by atoms with Gasteiger partial charge in [-0.1, -0.05) is 0 Å². The van der Waals surface area contributed by atoms with E-state index >= 15 is 0 Å². The predicted octanol–water partition coefficient (Wildman–Crippen LogP) is 2.56. The lowest BCUT2D eigenvalue weighted by molar-refractivity contribution is 0.0938. The molecule has 0 bridgehead atoms. The zero-order valence-corrected chi connectivity index (χ0v) is 13.2. The maximum atomic E-state index is 12.3. The van der Waals surface area contributed by atoms with Crippen LogP contribution in [0.25, 0.3) is 5.65 Å². The molecule has 2 heterocycles. The van der Waals surface area contributed by atoms with Gasteiger partial charge in [-0.2, -0.15) is 0 Å². The monoisotopic (exact) mass is 339 g/mol. The van der Waals surface area contributed by atoms with Crippen LogP contribution in [0.4, 0.5) is 0 Å². The number of aryl methyl sites for hydroxylation is 1. The van der Waals surface area contributed by atoms with Crippen LogP contribution in [0.15, 0.2) is 22.8 Å². The molecule has 2 aromatic rings. The quantitative estimate of drug-likeness (QED) is 0.823. The number of hydrogen-bond donors (Lipinski definition) is 1. The molecule has 20 heavy (non-hydrogen) atoms. The molecule has 1 amide bonds. The van der Waals surface area contributed by atoms with Gasteiger partial charge in [-0.3, -0.25) is 9.20 Å². The molecule has 0 spiro atoms. The van der Waals surface area contributed by atoms with Gasteiger partial charge in [-0.05, 0) is 48.3 Å². The van der Waals surface area contributed by atoms with Gasteiger partial charge in [0.2, 0.25) is 0 Å². The number of carbonyl (C=O) groups excluding carboxylic acids is 1. The number of nitrogens with zero attached hydrogens (tertiary/aromatic N) is 2. The Morgan fingerprint density at radius 1 is 1.50 bits per heavy atom. The van der Waals surface area contributed by atoms with E-state index in [4.69, 9.17) is 4.74 Å². The second-order valence-corrected chi connectivity index (χ2v) is 5.34. The number of imidazole rings is 1. The van der Waals surface area contributed by atoms with Crippen molar-refractivity contribution >= 4 is 27.5 Å². The molecule has 5 nitrogen and oxygen atoms in total. The Balaban J connectivity index is 2.09. The fourth-order valence-corrected chi connectivity index (χ4v) is 2.35. The minimum Gasteiger partial charge on any atom is -0.382 e. The van der Waals surface area contributed by atoms with Crippen molar-refractivity contribution in [3.8, 4) is 0 Å². The Bertz CT molecular complexity index is 610. The number of amides is 1. The molecule has 0 aliphatic heterocycles. The lowest BCUT2D eigenvalue weighted by atomic mass is 10.3. The highest BCUT2D eigenvalue weighted by atomic mass is 79.9. The molecule has 0 fully saturated rings. The lowest BCUT2D eigenvalue weighted by Gasteiger charge is -2.06. The summed E-state index contributed by atoms with van der Waals surface area (Å²) in [6, 6.07) is 3.79. The molecule has 0 unspecified atom stereocenters. The van der Waals surface area contributed by atoms with Crippen molar-refractivity contribution in [2.75, 3.05) is 19.8 Å². The van der Waals surface area contributed by atoms with Gasteiger partial charge in [0.15, 0.2) is 0 Å². The standard InChI is InChI=1S/C14H18BrN3O2/c1-3-20-8-4-7-16-14(19)13-10(2)17-12-6-5-11(15)9-18(12)13/h5-6,9H,3-4,7-8H2,1-2H3,(H,16,19). The first-order valence-corrected chi connectivity index (χ1v) is 7.43. The second-order valence-electron chi connectivity index (χ2n) is 4.43. The zero-order chi connectivity index (χ0) is 14.5. The van der Waals surface area contributed by atoms with E-state index in [1.54, 1.807) is 4.40 Å². The van der Waals surface area contributed by atoms with Gasteiger partial charge in [0.1, 0.15) is 11.3 Å². The number of halogens is 1. The number of pyridine rings is 1. The predicted molar refractivity (Wildman–Crippen MR) is 81.1 cm³/mol. The van der Waals surface area contributed by atoms with Gasteiger partial charge < -0.3 is 10.1 Å². The largest absolute Gasteiger partial charge is 0.382 e. The Labute approximate surface area is 126 Å². The minimum atomic E-state index is -0.107. The van der Waals surface area contributed by atoms with Crippen LogP contribution in [0, 0.1) is 6.92 Å². The summed E-state index contributed by atoms with van der Waals surface area (Å²) in [5.74, 6) is -0.107. The van der Waals surface area contributed by atoms with Crippen LogP contribution in [0.3, 0.4) is 0 Å². The average Bonchev–Trinajstić information content (AvgIpc) is 2.73. The third-order valence-corrected chi connectivity index (χ3v) is 3.40. The number of fused-ring (bicyclic) bond motifs is 1. The van der Waals surface area contributed by atoms with Crippen molar-refractivity contribution in [3.63, 3.8) is 0 Å². The van der Waals surface area contributed by atoms with Gasteiger partial charge in [0, 0.05) is 30.4 Å². The van der Waals surface area contributed by atoms with Crippen LogP contribution in [-0.4, -0.2) is 35.1 Å². The van der Waals surface area contributed by atoms with Gasteiger partial charge in [0.05, 0.1) is 5.69 Å². The van der Waals surface area contributed by atoms with Gasteiger partial charge in [0.25, 0.3) is 5.91 Å². The fraction of sp³-hybridized carbons (Fsp3) is 0.429. The molecule has 1 N–H and O–H groups in total. The molecule has 2 rings (SSSR count). The summed E-state index contributed by atoms with van der Waals surface area (Å²) >= 11 is 3.41. The molecule has 0 atom stereocenters. The van der Waals surface area contributed by atoms with Crippen LogP contribution in [-0.2, 0) is 4.74 Å². The van der Waals surface area contributed by atoms with Crippen LogP contribution in [0.5, 0.6) is 0 Å². The normalized spacial score (nSPS) is 10.9. The Morgan fingerprint density at radius 2 is 2.30 bits per heavy atom. The topological polar surface area (TPSA) is 55.6 Å². The van der Waals surface area contributed by atoms with Crippen molar-refractivity contribution in [2.45, 2.75) is 20.3 Å². The third-order valence-electron chi connectivity index (χ3n) is 2.93. The molecule has 0 saturated carbocycles. The summed E-state index contributed by atoms with van der Waals surface area (Å²) in [6.45, 7) is 5.76. The highest BCUT2D eigenvalue weighted by Crippen LogP contribution is 2.16. The minimum absolute atomic E-state index is 0.107. The van der Waals surface area contributed by atoms with E-state index in [9.17, 15) is 4.79 Å². The maximum Gasteiger partial charge on any atom is 0.270 e. The number of carbonyl (C=O) groups is 1. The summed E-state index contributed by atoms with van der Waals surface area (Å²) < 4.78 is 7.95. The molecule has 0 saturated heterocycles. The second kappa shape index (κ2) is 6.85. The highest BCUT2D eigenvalue weighted by Gasteiger charge is 2.16. The number of hydrogen-bond acceptors (Lipinski definition) is 3. The molecule has 0 aromatic carbocycles.